The summed E-state index contributed by atoms with van der Waals surface area (Å²) in [5.41, 5.74) is 0. The van der Waals surface area contributed by atoms with Crippen LogP contribution >= 0.6 is 27.5 Å². The second kappa shape index (κ2) is 6.36. The summed E-state index contributed by atoms with van der Waals surface area (Å²) in [6.45, 7) is 0. The van der Waals surface area contributed by atoms with Crippen molar-refractivity contribution in [1.29, 1.82) is 0 Å². The van der Waals surface area contributed by atoms with Gasteiger partial charge in [0.05, 0.1) is 0 Å². The van der Waals surface area contributed by atoms with Gasteiger partial charge in [0, 0.05) is 0 Å². The molecule has 0 bridgehead atoms. The fraction of sp³-hybridized carbons (Fsp3) is 0. The third kappa shape index (κ3) is 184. The Kier molecular flexibility index (Phi) is 9.51. The standard InChI is InChI=1S/Mo.H3O4P.2S/c;1-5(2,3)4;;/h;(H3,1,2,3,4);;/q+3;;;/p-3. The van der Waals surface area contributed by atoms with E-state index in [9.17, 15) is 0 Å². The van der Waals surface area contributed by atoms with E-state index < -0.39 is 7.82 Å². The Bertz CT molecular complexity index is 112. The summed E-state index contributed by atoms with van der Waals surface area (Å²) in [6, 6.07) is 0. The molecule has 8 heteroatoms. The monoisotopic (exact) mass is 257 g/mol. The molecule has 0 aliphatic carbocycles. The van der Waals surface area contributed by atoms with Gasteiger partial charge in [-0.05, 0) is 0 Å². The molecule has 0 heterocycles. The molecule has 0 aromatic rings. The first-order valence-corrected chi connectivity index (χ1v) is 8.11. The van der Waals surface area contributed by atoms with Gasteiger partial charge in [-0.15, -0.1) is 0 Å². The van der Waals surface area contributed by atoms with Crippen LogP contribution in [0.1, 0.15) is 0 Å². The first-order chi connectivity index (χ1) is 3.41. The first-order valence-electron chi connectivity index (χ1n) is 1.06. The summed E-state index contributed by atoms with van der Waals surface area (Å²) in [5, 5.41) is 0. The molecule has 0 aliphatic rings. The molecular weight excluding hydrogens is 255 g/mol. The van der Waals surface area contributed by atoms with E-state index in [0.29, 0.717) is 0 Å². The molecule has 0 fully saturated rings. The summed E-state index contributed by atoms with van der Waals surface area (Å²) < 4.78 is 8.55. The zero-order valence-electron chi connectivity index (χ0n) is 3.30. The number of phosphoric acid groups is 1. The minimum absolute atomic E-state index is 0.363. The van der Waals surface area contributed by atoms with E-state index in [-0.39, 0.29) is 14.9 Å². The molecular formula is MoO4PS2. The van der Waals surface area contributed by atoms with Gasteiger partial charge in [-0.1, -0.05) is 0 Å². The van der Waals surface area contributed by atoms with Gasteiger partial charge in [0.25, 0.3) is 0 Å². The fourth-order valence-corrected chi connectivity index (χ4v) is 0. The Hall–Kier alpha value is 1.24. The zero-order valence-corrected chi connectivity index (χ0v) is 7.84. The van der Waals surface area contributed by atoms with Crippen LogP contribution in [0.25, 0.3) is 0 Å². The van der Waals surface area contributed by atoms with Crippen molar-refractivity contribution in [1.82, 2.24) is 0 Å². The Morgan fingerprint density at radius 2 is 1.25 bits per heavy atom. The quantitative estimate of drug-likeness (QED) is 0.385. The van der Waals surface area contributed by atoms with Crippen LogP contribution in [0.4, 0.5) is 0 Å². The van der Waals surface area contributed by atoms with Gasteiger partial charge in [0.2, 0.25) is 0 Å². The second-order valence-corrected chi connectivity index (χ2v) is 4.96. The van der Waals surface area contributed by atoms with E-state index >= 15 is 0 Å². The molecule has 0 amide bonds. The Labute approximate surface area is 61.6 Å². The molecule has 0 rings (SSSR count). The molecule has 0 atom stereocenters. The van der Waals surface area contributed by atoms with Crippen molar-refractivity contribution in [3.05, 3.63) is 0 Å². The Balaban J connectivity index is 0. The summed E-state index contributed by atoms with van der Waals surface area (Å²) in [6.07, 6.45) is 0. The summed E-state index contributed by atoms with van der Waals surface area (Å²) in [7, 11) is 3.29. The van der Waals surface area contributed by atoms with Gasteiger partial charge in [-0.25, -0.2) is 0 Å². The minimum atomic E-state index is -5.39. The van der Waals surface area contributed by atoms with E-state index in [0.717, 1.165) is 0 Å². The maximum absolute atomic E-state index is 8.55. The van der Waals surface area contributed by atoms with Crippen molar-refractivity contribution < 1.29 is 34.2 Å². The average molecular weight is 255 g/mol. The van der Waals surface area contributed by atoms with Gasteiger partial charge >= 0.3 is 34.6 Å². The van der Waals surface area contributed by atoms with Crippen LogP contribution in [0.15, 0.2) is 0 Å². The van der Waals surface area contributed by atoms with E-state index in [2.05, 4.69) is 19.6 Å². The molecule has 8 heavy (non-hydrogen) atoms. The van der Waals surface area contributed by atoms with Crippen LogP contribution in [-0.4, -0.2) is 0 Å². The predicted octanol–water partition coefficient (Wildman–Crippen LogP) is -1.53. The van der Waals surface area contributed by atoms with Crippen LogP contribution < -0.4 is 14.7 Å². The van der Waals surface area contributed by atoms with Crippen LogP contribution in [0.3, 0.4) is 0 Å². The molecule has 0 aromatic heterocycles. The molecule has 0 unspecified atom stereocenters. The van der Waals surface area contributed by atoms with E-state index in [1.54, 1.807) is 0 Å². The predicted molar refractivity (Wildman–Crippen MR) is 22.8 cm³/mol. The fourth-order valence-electron chi connectivity index (χ4n) is 0. The van der Waals surface area contributed by atoms with Crippen molar-refractivity contribution in [3.63, 3.8) is 0 Å². The normalized spacial score (nSPS) is 8.38. The topological polar surface area (TPSA) is 86.2 Å². The Morgan fingerprint density at radius 1 is 1.25 bits per heavy atom. The van der Waals surface area contributed by atoms with Crippen molar-refractivity contribution in [2.24, 2.45) is 0 Å². The van der Waals surface area contributed by atoms with Crippen molar-refractivity contribution in [3.8, 4) is 0 Å². The summed E-state index contributed by atoms with van der Waals surface area (Å²) in [5.74, 6) is 0. The van der Waals surface area contributed by atoms with Crippen LogP contribution in [0, 0.1) is 0 Å². The first kappa shape index (κ1) is 12.0. The Morgan fingerprint density at radius 3 is 1.25 bits per heavy atom. The maximum atomic E-state index is 8.55. The van der Waals surface area contributed by atoms with Crippen LogP contribution in [0.5, 0.6) is 0 Å². The molecule has 47 valence electrons. The van der Waals surface area contributed by atoms with Gasteiger partial charge < -0.3 is 19.2 Å². The third-order valence-corrected chi connectivity index (χ3v) is 0. The summed E-state index contributed by atoms with van der Waals surface area (Å²) >= 11 is -0.363. The summed E-state index contributed by atoms with van der Waals surface area (Å²) in [4.78, 5) is 25.6. The van der Waals surface area contributed by atoms with Gasteiger partial charge in [0.15, 0.2) is 0 Å². The average Bonchev–Trinajstić information content (AvgIpc) is 1.27. The number of hydrogen-bond acceptors (Lipinski definition) is 6. The second-order valence-electron chi connectivity index (χ2n) is 0.515. The van der Waals surface area contributed by atoms with Gasteiger partial charge in [-0.3, -0.25) is 0 Å². The molecule has 0 aromatic carbocycles. The molecule has 4 nitrogen and oxygen atoms in total. The molecule has 0 spiro atoms. The van der Waals surface area contributed by atoms with Crippen molar-refractivity contribution in [2.45, 2.75) is 0 Å². The van der Waals surface area contributed by atoms with Gasteiger partial charge in [0.1, 0.15) is 0 Å². The number of rotatable bonds is 0. The molecule has 0 saturated heterocycles. The SMILES string of the molecule is O=P([O-])([O-])[O-].[S]=[Mo+3]=[S]. The molecule has 0 saturated carbocycles. The number of hydrogen-bond donors (Lipinski definition) is 0. The van der Waals surface area contributed by atoms with Crippen LogP contribution in [-0.2, 0) is 19.5 Å². The molecule has 0 radical (unpaired) electrons. The van der Waals surface area contributed by atoms with Crippen molar-refractivity contribution >= 4 is 27.5 Å². The van der Waals surface area contributed by atoms with Gasteiger partial charge in [-0.2, -0.15) is 7.82 Å². The van der Waals surface area contributed by atoms with Crippen LogP contribution in [0.2, 0.25) is 0 Å². The zero-order chi connectivity index (χ0) is 7.21. The van der Waals surface area contributed by atoms with E-state index in [1.165, 1.54) is 0 Å². The van der Waals surface area contributed by atoms with E-state index in [4.69, 9.17) is 19.2 Å². The molecule has 0 N–H and O–H groups in total. The van der Waals surface area contributed by atoms with Crippen molar-refractivity contribution in [2.75, 3.05) is 0 Å². The molecule has 0 aliphatic heterocycles. The van der Waals surface area contributed by atoms with E-state index in [1.807, 2.05) is 0 Å². The third-order valence-electron chi connectivity index (χ3n) is 0.